The second kappa shape index (κ2) is 4.78. The Morgan fingerprint density at radius 1 is 1.35 bits per heavy atom. The average Bonchev–Trinajstić information content (AvgIpc) is 2.55. The summed E-state index contributed by atoms with van der Waals surface area (Å²) in [4.78, 5) is 0. The molecule has 1 atom stereocenters. The minimum absolute atomic E-state index is 0. The summed E-state index contributed by atoms with van der Waals surface area (Å²) in [6.07, 6.45) is -0.124. The first-order chi connectivity index (χ1) is 7.49. The maximum atomic E-state index is 13.8. The minimum Gasteiger partial charge on any atom is -0.497 e. The molecule has 1 heterocycles. The fourth-order valence-electron chi connectivity index (χ4n) is 2.10. The Bertz CT molecular complexity index is 400. The Morgan fingerprint density at radius 2 is 2.06 bits per heavy atom. The first-order valence-electron chi connectivity index (χ1n) is 5.27. The Balaban J connectivity index is 0.00000144. The number of nitrogens with one attached hydrogen (secondary N) is 1. The number of benzene rings is 1. The van der Waals surface area contributed by atoms with Crippen LogP contribution in [0.3, 0.4) is 0 Å². The zero-order valence-electron chi connectivity index (χ0n) is 9.80. The molecule has 2 rings (SSSR count). The molecule has 1 fully saturated rings. The predicted molar refractivity (Wildman–Crippen MR) is 65.2 cm³/mol. The fraction of sp³-hybridized carbons (Fsp3) is 0.500. The highest BCUT2D eigenvalue weighted by atomic mass is 35.5. The van der Waals surface area contributed by atoms with Gasteiger partial charge in [-0.3, -0.25) is 0 Å². The third-order valence-electron chi connectivity index (χ3n) is 3.30. The smallest absolute Gasteiger partial charge is 0.270 e. The molecule has 1 N–H and O–H groups in total. The van der Waals surface area contributed by atoms with Crippen LogP contribution in [-0.4, -0.2) is 19.6 Å². The van der Waals surface area contributed by atoms with Gasteiger partial charge >= 0.3 is 0 Å². The van der Waals surface area contributed by atoms with Gasteiger partial charge < -0.3 is 10.1 Å². The number of hydrogen-bond donors (Lipinski definition) is 1. The molecule has 1 aromatic rings. The molecule has 1 unspecified atom stereocenters. The van der Waals surface area contributed by atoms with Crippen LogP contribution in [0.1, 0.15) is 18.9 Å². The van der Waals surface area contributed by atoms with Gasteiger partial charge in [0.1, 0.15) is 11.3 Å². The van der Waals surface area contributed by atoms with Crippen LogP contribution < -0.4 is 10.1 Å². The number of ether oxygens (including phenoxy) is 1. The number of rotatable bonds is 2. The van der Waals surface area contributed by atoms with Crippen molar-refractivity contribution in [3.8, 4) is 5.75 Å². The fourth-order valence-corrected chi connectivity index (χ4v) is 2.10. The summed E-state index contributed by atoms with van der Waals surface area (Å²) in [5, 5.41) is 2.89. The van der Waals surface area contributed by atoms with Crippen molar-refractivity contribution in [2.24, 2.45) is 0 Å². The SMILES string of the molecule is COc1cccc(C2(C)NCCC2(F)F)c1.Cl. The lowest BCUT2D eigenvalue weighted by atomic mass is 9.87. The van der Waals surface area contributed by atoms with Gasteiger partial charge in [-0.2, -0.15) is 0 Å². The summed E-state index contributed by atoms with van der Waals surface area (Å²) in [5.41, 5.74) is -0.726. The highest BCUT2D eigenvalue weighted by Crippen LogP contribution is 2.44. The molecule has 0 radical (unpaired) electrons. The van der Waals surface area contributed by atoms with Gasteiger partial charge in [-0.25, -0.2) is 8.78 Å². The Kier molecular flexibility index (Phi) is 3.99. The van der Waals surface area contributed by atoms with Crippen molar-refractivity contribution >= 4 is 12.4 Å². The van der Waals surface area contributed by atoms with E-state index in [1.807, 2.05) is 0 Å². The van der Waals surface area contributed by atoms with Gasteiger partial charge in [-0.15, -0.1) is 12.4 Å². The molecule has 1 saturated heterocycles. The minimum atomic E-state index is -2.72. The molecule has 1 aromatic carbocycles. The monoisotopic (exact) mass is 263 g/mol. The summed E-state index contributed by atoms with van der Waals surface area (Å²) in [6, 6.07) is 6.84. The Hall–Kier alpha value is -0.870. The normalized spacial score (nSPS) is 26.4. The van der Waals surface area contributed by atoms with Crippen LogP contribution in [0.4, 0.5) is 8.78 Å². The van der Waals surface area contributed by atoms with Crippen LogP contribution in [0.15, 0.2) is 24.3 Å². The van der Waals surface area contributed by atoms with Crippen LogP contribution >= 0.6 is 12.4 Å². The lowest BCUT2D eigenvalue weighted by Crippen LogP contribution is -2.46. The first-order valence-corrected chi connectivity index (χ1v) is 5.27. The zero-order valence-corrected chi connectivity index (χ0v) is 10.6. The average molecular weight is 264 g/mol. The lowest BCUT2D eigenvalue weighted by Gasteiger charge is -2.31. The number of hydrogen-bond acceptors (Lipinski definition) is 2. The van der Waals surface area contributed by atoms with Crippen molar-refractivity contribution in [1.82, 2.24) is 5.32 Å². The summed E-state index contributed by atoms with van der Waals surface area (Å²) in [7, 11) is 1.53. The van der Waals surface area contributed by atoms with E-state index in [2.05, 4.69) is 5.32 Å². The summed E-state index contributed by atoms with van der Waals surface area (Å²) in [6.45, 7) is 1.87. The van der Waals surface area contributed by atoms with E-state index >= 15 is 0 Å². The standard InChI is InChI=1S/C12H15F2NO.ClH/c1-11(12(13,14)6-7-15-11)9-4-3-5-10(8-9)16-2;/h3-5,8,15H,6-7H2,1-2H3;1H. The quantitative estimate of drug-likeness (QED) is 0.886. The molecule has 0 amide bonds. The highest BCUT2D eigenvalue weighted by Gasteiger charge is 2.54. The maximum absolute atomic E-state index is 13.8. The number of alkyl halides is 2. The molecular weight excluding hydrogens is 248 g/mol. The largest absolute Gasteiger partial charge is 0.497 e. The predicted octanol–water partition coefficient (Wildman–Crippen LogP) is 2.96. The Morgan fingerprint density at radius 3 is 2.59 bits per heavy atom. The number of methoxy groups -OCH3 is 1. The van der Waals surface area contributed by atoms with Crippen molar-refractivity contribution in [2.45, 2.75) is 24.8 Å². The number of halogens is 3. The van der Waals surface area contributed by atoms with E-state index in [0.717, 1.165) is 0 Å². The molecule has 1 aliphatic rings. The van der Waals surface area contributed by atoms with Crippen molar-refractivity contribution in [3.63, 3.8) is 0 Å². The molecule has 0 aliphatic carbocycles. The first kappa shape index (κ1) is 14.2. The molecular formula is C12H16ClF2NO. The molecule has 0 saturated carbocycles. The van der Waals surface area contributed by atoms with Gasteiger partial charge in [-0.05, 0) is 24.6 Å². The van der Waals surface area contributed by atoms with Crippen molar-refractivity contribution in [2.75, 3.05) is 13.7 Å². The van der Waals surface area contributed by atoms with E-state index in [-0.39, 0.29) is 18.8 Å². The molecule has 1 aliphatic heterocycles. The van der Waals surface area contributed by atoms with Crippen molar-refractivity contribution in [1.29, 1.82) is 0 Å². The molecule has 2 nitrogen and oxygen atoms in total. The van der Waals surface area contributed by atoms with Gasteiger partial charge in [0.15, 0.2) is 0 Å². The zero-order chi connectivity index (χ0) is 11.8. The van der Waals surface area contributed by atoms with Gasteiger partial charge in [0.25, 0.3) is 5.92 Å². The van der Waals surface area contributed by atoms with E-state index in [1.165, 1.54) is 14.0 Å². The van der Waals surface area contributed by atoms with Gasteiger partial charge in [0.2, 0.25) is 0 Å². The molecule has 0 spiro atoms. The lowest BCUT2D eigenvalue weighted by molar-refractivity contribution is -0.0559. The van der Waals surface area contributed by atoms with Gasteiger partial charge in [-0.1, -0.05) is 12.1 Å². The van der Waals surface area contributed by atoms with E-state index in [0.29, 0.717) is 17.9 Å². The van der Waals surface area contributed by atoms with Crippen LogP contribution in [-0.2, 0) is 5.54 Å². The maximum Gasteiger partial charge on any atom is 0.270 e. The third-order valence-corrected chi connectivity index (χ3v) is 3.30. The van der Waals surface area contributed by atoms with Gasteiger partial charge in [0, 0.05) is 13.0 Å². The Labute approximate surface area is 106 Å². The third kappa shape index (κ3) is 2.24. The topological polar surface area (TPSA) is 21.3 Å². The van der Waals surface area contributed by atoms with Crippen LogP contribution in [0.25, 0.3) is 0 Å². The summed E-state index contributed by atoms with van der Waals surface area (Å²) < 4.78 is 32.7. The van der Waals surface area contributed by atoms with E-state index in [1.54, 1.807) is 24.3 Å². The van der Waals surface area contributed by atoms with Crippen molar-refractivity contribution in [3.05, 3.63) is 29.8 Å². The molecule has 96 valence electrons. The van der Waals surface area contributed by atoms with Gasteiger partial charge in [0.05, 0.1) is 7.11 Å². The van der Waals surface area contributed by atoms with E-state index < -0.39 is 11.5 Å². The van der Waals surface area contributed by atoms with Crippen LogP contribution in [0.5, 0.6) is 5.75 Å². The molecule has 17 heavy (non-hydrogen) atoms. The molecule has 0 bridgehead atoms. The molecule has 5 heteroatoms. The van der Waals surface area contributed by atoms with Crippen LogP contribution in [0, 0.1) is 0 Å². The van der Waals surface area contributed by atoms with Crippen LogP contribution in [0.2, 0.25) is 0 Å². The van der Waals surface area contributed by atoms with E-state index in [9.17, 15) is 8.78 Å². The summed E-state index contributed by atoms with van der Waals surface area (Å²) in [5.74, 6) is -2.12. The second-order valence-electron chi connectivity index (χ2n) is 4.24. The second-order valence-corrected chi connectivity index (χ2v) is 4.24. The highest BCUT2D eigenvalue weighted by molar-refractivity contribution is 5.85. The van der Waals surface area contributed by atoms with E-state index in [4.69, 9.17) is 4.74 Å². The van der Waals surface area contributed by atoms with Crippen molar-refractivity contribution < 1.29 is 13.5 Å². The molecule has 0 aromatic heterocycles. The summed E-state index contributed by atoms with van der Waals surface area (Å²) >= 11 is 0.